The van der Waals surface area contributed by atoms with Gasteiger partial charge in [0.05, 0.1) is 6.54 Å². The van der Waals surface area contributed by atoms with E-state index in [0.29, 0.717) is 30.6 Å². The van der Waals surface area contributed by atoms with Crippen LogP contribution in [0, 0.1) is 0 Å². The molecule has 0 radical (unpaired) electrons. The highest BCUT2D eigenvalue weighted by molar-refractivity contribution is 6.30. The molecule has 0 spiro atoms. The van der Waals surface area contributed by atoms with Crippen LogP contribution in [0.4, 0.5) is 5.69 Å². The number of halogens is 1. The Balaban J connectivity index is 1.80. The Labute approximate surface area is 184 Å². The number of amides is 2. The van der Waals surface area contributed by atoms with E-state index in [9.17, 15) is 9.59 Å². The molecular weight excluding hydrogens is 404 g/mol. The summed E-state index contributed by atoms with van der Waals surface area (Å²) in [6, 6.07) is 7.75. The standard InChI is InChI=1S/C21H33ClN6O2/c1-5-23-20(24-14-18(29)26-21(2,3)4)25-15-19(30)28-12-10-27(11-13-28)17-8-6-16(22)7-9-17/h6-9H,5,10-15H2,1-4H3,(H,26,29)(H2,23,24,25). The van der Waals surface area contributed by atoms with Gasteiger partial charge in [-0.2, -0.15) is 0 Å². The summed E-state index contributed by atoms with van der Waals surface area (Å²) < 4.78 is 0. The van der Waals surface area contributed by atoms with Crippen LogP contribution in [0.5, 0.6) is 0 Å². The SMILES string of the molecule is CCNC(=NCC(=O)NC(C)(C)C)NCC(=O)N1CCN(c2ccc(Cl)cc2)CC1. The van der Waals surface area contributed by atoms with Gasteiger partial charge in [-0.1, -0.05) is 11.6 Å². The number of carbonyl (C=O) groups is 2. The monoisotopic (exact) mass is 436 g/mol. The zero-order valence-electron chi connectivity index (χ0n) is 18.3. The van der Waals surface area contributed by atoms with E-state index in [-0.39, 0.29) is 30.4 Å². The van der Waals surface area contributed by atoms with Crippen LogP contribution in [0.25, 0.3) is 0 Å². The quantitative estimate of drug-likeness (QED) is 0.464. The minimum absolute atomic E-state index is 0.000556. The molecule has 1 fully saturated rings. The van der Waals surface area contributed by atoms with Gasteiger partial charge in [0.15, 0.2) is 5.96 Å². The van der Waals surface area contributed by atoms with Crippen molar-refractivity contribution in [2.45, 2.75) is 33.2 Å². The van der Waals surface area contributed by atoms with Gasteiger partial charge in [0.2, 0.25) is 11.8 Å². The molecule has 0 aromatic heterocycles. The fourth-order valence-corrected chi connectivity index (χ4v) is 3.21. The van der Waals surface area contributed by atoms with Crippen LogP contribution in [-0.2, 0) is 9.59 Å². The van der Waals surface area contributed by atoms with Crippen molar-refractivity contribution in [3.05, 3.63) is 29.3 Å². The predicted molar refractivity (Wildman–Crippen MR) is 122 cm³/mol. The van der Waals surface area contributed by atoms with Crippen LogP contribution in [0.15, 0.2) is 29.3 Å². The van der Waals surface area contributed by atoms with E-state index < -0.39 is 0 Å². The van der Waals surface area contributed by atoms with Gasteiger partial charge >= 0.3 is 0 Å². The van der Waals surface area contributed by atoms with Crippen LogP contribution < -0.4 is 20.9 Å². The van der Waals surface area contributed by atoms with Crippen LogP contribution in [-0.4, -0.2) is 74.0 Å². The van der Waals surface area contributed by atoms with Gasteiger partial charge in [-0.15, -0.1) is 0 Å². The lowest BCUT2D eigenvalue weighted by atomic mass is 10.1. The minimum atomic E-state index is -0.303. The number of carbonyl (C=O) groups excluding carboxylic acids is 2. The molecule has 166 valence electrons. The lowest BCUT2D eigenvalue weighted by Crippen LogP contribution is -2.52. The highest BCUT2D eigenvalue weighted by Gasteiger charge is 2.21. The van der Waals surface area contributed by atoms with E-state index in [1.807, 2.05) is 56.9 Å². The zero-order chi connectivity index (χ0) is 22.1. The van der Waals surface area contributed by atoms with Crippen LogP contribution in [0.2, 0.25) is 5.02 Å². The molecule has 0 unspecified atom stereocenters. The van der Waals surface area contributed by atoms with E-state index in [2.05, 4.69) is 25.8 Å². The number of nitrogens with zero attached hydrogens (tertiary/aromatic N) is 3. The number of benzene rings is 1. The van der Waals surface area contributed by atoms with Crippen molar-refractivity contribution in [1.82, 2.24) is 20.9 Å². The second-order valence-corrected chi connectivity index (χ2v) is 8.63. The van der Waals surface area contributed by atoms with Crippen molar-refractivity contribution >= 4 is 35.1 Å². The third kappa shape index (κ3) is 8.10. The summed E-state index contributed by atoms with van der Waals surface area (Å²) in [6.45, 7) is 11.3. The Morgan fingerprint density at radius 3 is 2.27 bits per heavy atom. The van der Waals surface area contributed by atoms with Crippen molar-refractivity contribution in [1.29, 1.82) is 0 Å². The molecule has 1 saturated heterocycles. The molecule has 30 heavy (non-hydrogen) atoms. The van der Waals surface area contributed by atoms with E-state index in [4.69, 9.17) is 11.6 Å². The molecule has 0 atom stereocenters. The van der Waals surface area contributed by atoms with Gasteiger partial charge in [-0.3, -0.25) is 9.59 Å². The summed E-state index contributed by atoms with van der Waals surface area (Å²) in [6.07, 6.45) is 0. The number of anilines is 1. The first-order chi connectivity index (χ1) is 14.2. The highest BCUT2D eigenvalue weighted by atomic mass is 35.5. The van der Waals surface area contributed by atoms with E-state index in [1.54, 1.807) is 0 Å². The average Bonchev–Trinajstić information content (AvgIpc) is 2.69. The molecular formula is C21H33ClN6O2. The van der Waals surface area contributed by atoms with Crippen LogP contribution in [0.1, 0.15) is 27.7 Å². The van der Waals surface area contributed by atoms with Gasteiger partial charge in [0.25, 0.3) is 0 Å². The summed E-state index contributed by atoms with van der Waals surface area (Å²) >= 11 is 5.95. The molecule has 0 saturated carbocycles. The fourth-order valence-electron chi connectivity index (χ4n) is 3.09. The van der Waals surface area contributed by atoms with Gasteiger partial charge < -0.3 is 25.8 Å². The van der Waals surface area contributed by atoms with Gasteiger partial charge in [-0.05, 0) is 52.0 Å². The number of nitrogens with one attached hydrogen (secondary N) is 3. The molecule has 3 N–H and O–H groups in total. The maximum atomic E-state index is 12.6. The summed E-state index contributed by atoms with van der Waals surface area (Å²) in [4.78, 5) is 32.9. The molecule has 8 nitrogen and oxygen atoms in total. The number of hydrogen-bond donors (Lipinski definition) is 3. The Kier molecular flexibility index (Phi) is 8.77. The lowest BCUT2D eigenvalue weighted by Gasteiger charge is -2.36. The van der Waals surface area contributed by atoms with Crippen molar-refractivity contribution in [2.75, 3.05) is 50.7 Å². The third-order valence-corrected chi connectivity index (χ3v) is 4.72. The summed E-state index contributed by atoms with van der Waals surface area (Å²) in [7, 11) is 0. The highest BCUT2D eigenvalue weighted by Crippen LogP contribution is 2.19. The second kappa shape index (κ2) is 11.1. The second-order valence-electron chi connectivity index (χ2n) is 8.19. The summed E-state index contributed by atoms with van der Waals surface area (Å²) in [5.74, 6) is 0.301. The molecule has 0 bridgehead atoms. The van der Waals surface area contributed by atoms with Gasteiger partial charge in [0.1, 0.15) is 6.54 Å². The number of hydrogen-bond acceptors (Lipinski definition) is 4. The van der Waals surface area contributed by atoms with E-state index in [0.717, 1.165) is 18.8 Å². The van der Waals surface area contributed by atoms with Gasteiger partial charge in [0, 0.05) is 49.0 Å². The summed E-state index contributed by atoms with van der Waals surface area (Å²) in [5.41, 5.74) is 0.808. The predicted octanol–water partition coefficient (Wildman–Crippen LogP) is 1.46. The molecule has 2 rings (SSSR count). The van der Waals surface area contributed by atoms with Gasteiger partial charge in [-0.25, -0.2) is 4.99 Å². The Morgan fingerprint density at radius 2 is 1.70 bits per heavy atom. The molecule has 1 heterocycles. The van der Waals surface area contributed by atoms with Crippen LogP contribution in [0.3, 0.4) is 0 Å². The first-order valence-corrected chi connectivity index (χ1v) is 10.7. The summed E-state index contributed by atoms with van der Waals surface area (Å²) in [5, 5.41) is 9.67. The number of rotatable bonds is 6. The Bertz CT molecular complexity index is 737. The van der Waals surface area contributed by atoms with Crippen molar-refractivity contribution < 1.29 is 9.59 Å². The molecule has 1 aromatic rings. The first-order valence-electron chi connectivity index (χ1n) is 10.3. The number of guanidine groups is 1. The molecule has 2 amide bonds. The fraction of sp³-hybridized carbons (Fsp3) is 0.571. The smallest absolute Gasteiger partial charge is 0.242 e. The number of aliphatic imine (C=N–C) groups is 1. The number of piperazine rings is 1. The Hall–Kier alpha value is -2.48. The third-order valence-electron chi connectivity index (χ3n) is 4.47. The molecule has 1 aliphatic heterocycles. The van der Waals surface area contributed by atoms with Crippen LogP contribution >= 0.6 is 11.6 Å². The first kappa shape index (κ1) is 23.8. The molecule has 9 heteroatoms. The normalized spacial score (nSPS) is 15.0. The van der Waals surface area contributed by atoms with E-state index >= 15 is 0 Å². The van der Waals surface area contributed by atoms with Crippen molar-refractivity contribution in [2.24, 2.45) is 4.99 Å². The zero-order valence-corrected chi connectivity index (χ0v) is 19.1. The molecule has 0 aliphatic carbocycles. The van der Waals surface area contributed by atoms with Crippen molar-refractivity contribution in [3.63, 3.8) is 0 Å². The van der Waals surface area contributed by atoms with E-state index in [1.165, 1.54) is 0 Å². The molecule has 1 aromatic carbocycles. The Morgan fingerprint density at radius 1 is 1.07 bits per heavy atom. The lowest BCUT2D eigenvalue weighted by molar-refractivity contribution is -0.130. The topological polar surface area (TPSA) is 89.1 Å². The molecule has 1 aliphatic rings. The maximum Gasteiger partial charge on any atom is 0.242 e. The van der Waals surface area contributed by atoms with Crippen molar-refractivity contribution in [3.8, 4) is 0 Å². The maximum absolute atomic E-state index is 12.6. The average molecular weight is 437 g/mol. The minimum Gasteiger partial charge on any atom is -0.368 e. The largest absolute Gasteiger partial charge is 0.368 e.